The van der Waals surface area contributed by atoms with Crippen molar-refractivity contribution in [1.29, 1.82) is 0 Å². The summed E-state index contributed by atoms with van der Waals surface area (Å²) in [5.41, 5.74) is 3.05. The lowest BCUT2D eigenvalue weighted by atomic mass is 9.49. The highest BCUT2D eigenvalue weighted by Crippen LogP contribution is 2.66. The number of benzene rings is 3. The highest BCUT2D eigenvalue weighted by atomic mass is 35.5. The molecule has 0 spiro atoms. The van der Waals surface area contributed by atoms with Crippen molar-refractivity contribution < 1.29 is 33.4 Å². The van der Waals surface area contributed by atoms with Crippen LogP contribution in [0.5, 0.6) is 11.5 Å². The van der Waals surface area contributed by atoms with Crippen molar-refractivity contribution in [1.82, 2.24) is 9.91 Å². The third-order valence-electron chi connectivity index (χ3n) is 10.8. The van der Waals surface area contributed by atoms with E-state index in [4.69, 9.17) is 16.3 Å². The minimum absolute atomic E-state index is 0.0834. The number of anilines is 1. The van der Waals surface area contributed by atoms with Crippen LogP contribution in [0.2, 0.25) is 5.02 Å². The fraction of sp³-hybridized carbons (Fsp3) is 0.263. The number of thiophene rings is 1. The number of ether oxygens (including phenoxy) is 1. The maximum absolute atomic E-state index is 15.2. The van der Waals surface area contributed by atoms with E-state index in [9.17, 15) is 23.9 Å². The number of likely N-dealkylation sites (tertiary alicyclic amines) is 1. The molecule has 1 saturated carbocycles. The quantitative estimate of drug-likeness (QED) is 0.168. The Balaban J connectivity index is 1.34. The molecule has 2 N–H and O–H groups in total. The zero-order valence-electron chi connectivity index (χ0n) is 26.7. The minimum atomic E-state index is -1.64. The van der Waals surface area contributed by atoms with E-state index in [1.165, 1.54) is 53.7 Å². The topological polar surface area (TPSA) is 116 Å². The lowest BCUT2D eigenvalue weighted by Gasteiger charge is -2.50. The van der Waals surface area contributed by atoms with Gasteiger partial charge >= 0.3 is 0 Å². The molecule has 4 amide bonds. The summed E-state index contributed by atoms with van der Waals surface area (Å²) >= 11 is 7.81. The first-order valence-electron chi connectivity index (χ1n) is 16.2. The number of amides is 4. The lowest BCUT2D eigenvalue weighted by molar-refractivity contribution is -0.141. The maximum Gasteiger partial charge on any atom is 0.260 e. The van der Waals surface area contributed by atoms with Gasteiger partial charge in [-0.3, -0.25) is 29.5 Å². The Labute approximate surface area is 295 Å². The van der Waals surface area contributed by atoms with Crippen molar-refractivity contribution in [3.8, 4) is 11.5 Å². The van der Waals surface area contributed by atoms with E-state index in [2.05, 4.69) is 5.43 Å². The number of phenolic OH excluding ortho intramolecular Hbond substituents is 1. The standard InChI is InChI=1S/C38H31ClFN3O6S/c1-49-30-6-2-5-29(44)32(30)33-25-15-16-26-31(36(47)42(34(26)45)19-24-4-3-17-50-24)27(25)18-28-35(46)43(41-23-13-11-22(40)12-14-23)37(48)38(28,33)20-7-9-21(39)10-8-20/h2-15,17,26-28,31,33,41,44H,16,18-19H2,1H3/t26-,27+,28-,31-,33+,38+/m0/s1. The number of aromatic hydroxyl groups is 1. The van der Waals surface area contributed by atoms with Crippen LogP contribution in [0, 0.1) is 29.5 Å². The average Bonchev–Trinajstić information content (AvgIpc) is 3.78. The molecule has 0 bridgehead atoms. The maximum atomic E-state index is 15.2. The first-order valence-corrected chi connectivity index (χ1v) is 17.5. The van der Waals surface area contributed by atoms with E-state index in [-0.39, 0.29) is 37.0 Å². The number of fused-ring (bicyclic) bond motifs is 4. The predicted molar refractivity (Wildman–Crippen MR) is 184 cm³/mol. The summed E-state index contributed by atoms with van der Waals surface area (Å²) in [6.45, 7) is 0.159. The first kappa shape index (κ1) is 32.2. The van der Waals surface area contributed by atoms with Crippen molar-refractivity contribution in [2.45, 2.75) is 30.7 Å². The van der Waals surface area contributed by atoms with Gasteiger partial charge in [-0.15, -0.1) is 11.3 Å². The van der Waals surface area contributed by atoms with E-state index in [1.54, 1.807) is 36.4 Å². The van der Waals surface area contributed by atoms with Gasteiger partial charge in [-0.1, -0.05) is 47.5 Å². The third kappa shape index (κ3) is 4.70. The number of nitrogens with zero attached hydrogens (tertiary/aromatic N) is 2. The summed E-state index contributed by atoms with van der Waals surface area (Å²) in [5, 5.41) is 14.9. The molecule has 2 aliphatic carbocycles. The number of imide groups is 2. The van der Waals surface area contributed by atoms with E-state index in [1.807, 2.05) is 23.6 Å². The van der Waals surface area contributed by atoms with E-state index in [0.717, 1.165) is 9.89 Å². The lowest BCUT2D eigenvalue weighted by Crippen LogP contribution is -2.53. The molecule has 4 aliphatic rings. The normalized spacial score (nSPS) is 27.2. The number of methoxy groups -OCH3 is 1. The summed E-state index contributed by atoms with van der Waals surface area (Å²) in [4.78, 5) is 60.3. The Morgan fingerprint density at radius 2 is 1.72 bits per heavy atom. The van der Waals surface area contributed by atoms with Gasteiger partial charge in [-0.05, 0) is 84.3 Å². The van der Waals surface area contributed by atoms with Crippen LogP contribution < -0.4 is 10.2 Å². The van der Waals surface area contributed by atoms with Crippen LogP contribution >= 0.6 is 22.9 Å². The van der Waals surface area contributed by atoms with Crippen LogP contribution in [0.4, 0.5) is 10.1 Å². The van der Waals surface area contributed by atoms with Gasteiger partial charge < -0.3 is 9.84 Å². The second kappa shape index (κ2) is 12.1. The molecule has 12 heteroatoms. The molecule has 4 aromatic rings. The van der Waals surface area contributed by atoms with Gasteiger partial charge in [0, 0.05) is 21.4 Å². The largest absolute Gasteiger partial charge is 0.508 e. The van der Waals surface area contributed by atoms with Crippen molar-refractivity contribution in [3.05, 3.63) is 123 Å². The van der Waals surface area contributed by atoms with Crippen molar-refractivity contribution in [3.63, 3.8) is 0 Å². The Hall–Kier alpha value is -5.00. The number of rotatable bonds is 7. The van der Waals surface area contributed by atoms with Crippen molar-refractivity contribution in [2.75, 3.05) is 12.5 Å². The monoisotopic (exact) mass is 711 g/mol. The molecule has 8 rings (SSSR count). The number of phenols is 1. The first-order chi connectivity index (χ1) is 24.1. The number of carbonyl (C=O) groups excluding carboxylic acids is 4. The minimum Gasteiger partial charge on any atom is -0.508 e. The molecule has 2 saturated heterocycles. The molecule has 1 aromatic heterocycles. The van der Waals surface area contributed by atoms with Gasteiger partial charge in [0.1, 0.15) is 17.3 Å². The van der Waals surface area contributed by atoms with Gasteiger partial charge in [0.2, 0.25) is 11.8 Å². The second-order valence-corrected chi connectivity index (χ2v) is 14.6. The number of hydrogen-bond acceptors (Lipinski definition) is 8. The van der Waals surface area contributed by atoms with Crippen LogP contribution in [-0.4, -0.2) is 45.8 Å². The number of allylic oxidation sites excluding steroid dienone is 2. The molecule has 0 unspecified atom stereocenters. The highest BCUT2D eigenvalue weighted by Gasteiger charge is 2.71. The Morgan fingerprint density at radius 3 is 2.42 bits per heavy atom. The summed E-state index contributed by atoms with van der Waals surface area (Å²) < 4.78 is 19.7. The summed E-state index contributed by atoms with van der Waals surface area (Å²) in [5.74, 6) is -6.11. The van der Waals surface area contributed by atoms with Gasteiger partial charge in [0.25, 0.3) is 11.8 Å². The summed E-state index contributed by atoms with van der Waals surface area (Å²) in [7, 11) is 1.46. The number of carbonyl (C=O) groups is 4. The SMILES string of the molecule is COc1cccc(O)c1[C@H]1C2=CC[C@@H]3C(=O)N(Cc4cccs4)C(=O)[C@@H]3[C@@H]2C[C@H]2C(=O)N(Nc3ccc(F)cc3)C(=O)[C@@]12c1ccc(Cl)cc1. The summed E-state index contributed by atoms with van der Waals surface area (Å²) in [6.07, 6.45) is 2.25. The molecule has 6 atom stereocenters. The molecule has 50 heavy (non-hydrogen) atoms. The van der Waals surface area contributed by atoms with Gasteiger partial charge in [0.15, 0.2) is 0 Å². The average molecular weight is 712 g/mol. The van der Waals surface area contributed by atoms with Crippen molar-refractivity contribution >= 4 is 52.3 Å². The molecule has 9 nitrogen and oxygen atoms in total. The van der Waals surface area contributed by atoms with Gasteiger partial charge in [-0.2, -0.15) is 5.01 Å². The van der Waals surface area contributed by atoms with Gasteiger partial charge in [-0.25, -0.2) is 4.39 Å². The van der Waals surface area contributed by atoms with Crippen LogP contribution in [0.25, 0.3) is 0 Å². The molecular weight excluding hydrogens is 681 g/mol. The van der Waals surface area contributed by atoms with E-state index >= 15 is 4.79 Å². The number of hydrazine groups is 1. The Morgan fingerprint density at radius 1 is 0.960 bits per heavy atom. The Bertz CT molecular complexity index is 2070. The molecule has 2 aliphatic heterocycles. The number of halogens is 2. The molecule has 3 aromatic carbocycles. The van der Waals surface area contributed by atoms with Crippen LogP contribution in [0.1, 0.15) is 34.8 Å². The fourth-order valence-corrected chi connectivity index (χ4v) is 9.57. The van der Waals surface area contributed by atoms with E-state index < -0.39 is 52.6 Å². The van der Waals surface area contributed by atoms with Crippen LogP contribution in [-0.2, 0) is 31.1 Å². The van der Waals surface area contributed by atoms with Crippen LogP contribution in [0.3, 0.4) is 0 Å². The number of nitrogens with one attached hydrogen (secondary N) is 1. The molecule has 0 radical (unpaired) electrons. The second-order valence-electron chi connectivity index (χ2n) is 13.1. The fourth-order valence-electron chi connectivity index (χ4n) is 8.75. The Kier molecular flexibility index (Phi) is 7.80. The number of hydrogen-bond donors (Lipinski definition) is 2. The zero-order chi connectivity index (χ0) is 34.9. The molecular formula is C38H31ClFN3O6S. The van der Waals surface area contributed by atoms with Gasteiger partial charge in [0.05, 0.1) is 42.5 Å². The predicted octanol–water partition coefficient (Wildman–Crippen LogP) is 6.44. The van der Waals surface area contributed by atoms with Crippen LogP contribution in [0.15, 0.2) is 95.9 Å². The molecule has 3 heterocycles. The molecule has 3 fully saturated rings. The molecule has 254 valence electrons. The smallest absolute Gasteiger partial charge is 0.260 e. The highest BCUT2D eigenvalue weighted by molar-refractivity contribution is 7.09. The van der Waals surface area contributed by atoms with Crippen molar-refractivity contribution in [2.24, 2.45) is 23.7 Å². The van der Waals surface area contributed by atoms with E-state index in [0.29, 0.717) is 33.2 Å². The zero-order valence-corrected chi connectivity index (χ0v) is 28.3. The third-order valence-corrected chi connectivity index (χ3v) is 11.9. The summed E-state index contributed by atoms with van der Waals surface area (Å²) in [6, 6.07) is 20.6.